The number of ether oxygens (including phenoxy) is 1. The number of sulfonamides is 1. The number of amides is 2. The van der Waals surface area contributed by atoms with Crippen LogP contribution in [0.3, 0.4) is 0 Å². The molecule has 1 N–H and O–H groups in total. The predicted octanol–water partition coefficient (Wildman–Crippen LogP) is 3.64. The largest absolute Gasteiger partial charge is 0.497 e. The van der Waals surface area contributed by atoms with Crippen LogP contribution in [0.25, 0.3) is 0 Å². The van der Waals surface area contributed by atoms with Crippen LogP contribution in [0, 0.1) is 6.92 Å². The van der Waals surface area contributed by atoms with Gasteiger partial charge in [-0.05, 0) is 56.5 Å². The summed E-state index contributed by atoms with van der Waals surface area (Å²) in [5.74, 6) is -0.0638. The number of anilines is 1. The first-order valence-electron chi connectivity index (χ1n) is 12.4. The lowest BCUT2D eigenvalue weighted by Crippen LogP contribution is -2.52. The molecule has 9 heteroatoms. The summed E-state index contributed by atoms with van der Waals surface area (Å²) in [5, 5.41) is 3.09. The van der Waals surface area contributed by atoms with Crippen LogP contribution in [-0.4, -0.2) is 57.1 Å². The smallest absolute Gasteiger partial charge is 0.244 e. The Hall–Kier alpha value is -3.07. The molecule has 0 aromatic heterocycles. The van der Waals surface area contributed by atoms with Gasteiger partial charge in [-0.15, -0.1) is 0 Å². The van der Waals surface area contributed by atoms with E-state index in [1.165, 1.54) is 11.3 Å². The number of nitrogens with one attached hydrogen (secondary N) is 1. The Labute approximate surface area is 214 Å². The number of benzene rings is 2. The van der Waals surface area contributed by atoms with Gasteiger partial charge in [0, 0.05) is 12.6 Å². The van der Waals surface area contributed by atoms with Gasteiger partial charge in [-0.25, -0.2) is 8.42 Å². The topological polar surface area (TPSA) is 96.0 Å². The first kappa shape index (κ1) is 27.5. The zero-order valence-corrected chi connectivity index (χ0v) is 22.4. The summed E-state index contributed by atoms with van der Waals surface area (Å²) < 4.78 is 31.7. The highest BCUT2D eigenvalue weighted by Crippen LogP contribution is 2.22. The van der Waals surface area contributed by atoms with Crippen molar-refractivity contribution in [1.29, 1.82) is 0 Å². The second-order valence-electron chi connectivity index (χ2n) is 9.50. The van der Waals surface area contributed by atoms with Crippen LogP contribution < -0.4 is 14.4 Å². The van der Waals surface area contributed by atoms with Crippen LogP contribution in [0.15, 0.2) is 48.5 Å². The molecule has 2 amide bonds. The van der Waals surface area contributed by atoms with E-state index < -0.39 is 28.5 Å². The van der Waals surface area contributed by atoms with E-state index in [-0.39, 0.29) is 18.5 Å². The van der Waals surface area contributed by atoms with Crippen molar-refractivity contribution in [3.63, 3.8) is 0 Å². The van der Waals surface area contributed by atoms with Crippen molar-refractivity contribution in [3.05, 3.63) is 59.7 Å². The summed E-state index contributed by atoms with van der Waals surface area (Å²) in [7, 11) is -2.18. The zero-order chi connectivity index (χ0) is 26.3. The molecule has 1 atom stereocenters. The fourth-order valence-corrected chi connectivity index (χ4v) is 5.29. The van der Waals surface area contributed by atoms with Gasteiger partial charge < -0.3 is 15.0 Å². The minimum Gasteiger partial charge on any atom is -0.497 e. The molecule has 0 unspecified atom stereocenters. The molecule has 0 bridgehead atoms. The number of carbonyl (C=O) groups excluding carboxylic acids is 2. The van der Waals surface area contributed by atoms with Gasteiger partial charge in [-0.1, -0.05) is 49.1 Å². The van der Waals surface area contributed by atoms with Gasteiger partial charge in [0.05, 0.1) is 19.1 Å². The number of rotatable bonds is 10. The normalized spacial score (nSPS) is 15.1. The van der Waals surface area contributed by atoms with E-state index in [1.807, 2.05) is 19.1 Å². The van der Waals surface area contributed by atoms with E-state index in [4.69, 9.17) is 4.74 Å². The molecule has 0 aliphatic heterocycles. The number of carbonyl (C=O) groups is 2. The van der Waals surface area contributed by atoms with Gasteiger partial charge in [0.25, 0.3) is 0 Å². The fourth-order valence-electron chi connectivity index (χ4n) is 4.44. The molecular weight excluding hydrogens is 478 g/mol. The molecule has 196 valence electrons. The standard InChI is InChI=1S/C27H37N3O5S/c1-20-13-15-24(16-14-20)30(36(4,33)34)19-26(31)29(18-22-9-8-12-25(17-22)35-3)21(2)27(32)28-23-10-6-5-7-11-23/h8-9,12-17,21,23H,5-7,10-11,18-19H2,1-4H3,(H,28,32)/t21-/m1/s1. The third kappa shape index (κ3) is 7.46. The van der Waals surface area contributed by atoms with Gasteiger partial charge in [-0.2, -0.15) is 0 Å². The number of methoxy groups -OCH3 is 1. The Morgan fingerprint density at radius 1 is 1.08 bits per heavy atom. The number of nitrogens with zero attached hydrogens (tertiary/aromatic N) is 2. The highest BCUT2D eigenvalue weighted by molar-refractivity contribution is 7.92. The van der Waals surface area contributed by atoms with E-state index in [1.54, 1.807) is 50.4 Å². The summed E-state index contributed by atoms with van der Waals surface area (Å²) >= 11 is 0. The second kappa shape index (κ2) is 12.3. The van der Waals surface area contributed by atoms with Gasteiger partial charge in [0.15, 0.2) is 0 Å². The first-order valence-corrected chi connectivity index (χ1v) is 14.2. The maximum absolute atomic E-state index is 13.6. The summed E-state index contributed by atoms with van der Waals surface area (Å²) in [4.78, 5) is 28.3. The minimum atomic E-state index is -3.75. The SMILES string of the molecule is COc1cccc(CN(C(=O)CN(c2ccc(C)cc2)S(C)(=O)=O)[C@H](C)C(=O)NC2CCCCC2)c1. The van der Waals surface area contributed by atoms with Gasteiger partial charge in [0.1, 0.15) is 18.3 Å². The molecule has 8 nitrogen and oxygen atoms in total. The molecule has 1 aliphatic rings. The van der Waals surface area contributed by atoms with E-state index in [9.17, 15) is 18.0 Å². The van der Waals surface area contributed by atoms with Crippen molar-refractivity contribution >= 4 is 27.5 Å². The summed E-state index contributed by atoms with van der Waals surface area (Å²) in [6.07, 6.45) is 6.25. The number of hydrogen-bond donors (Lipinski definition) is 1. The van der Waals surface area contributed by atoms with E-state index in [2.05, 4.69) is 5.32 Å². The molecule has 2 aromatic rings. The Morgan fingerprint density at radius 3 is 2.36 bits per heavy atom. The van der Waals surface area contributed by atoms with E-state index in [0.29, 0.717) is 11.4 Å². The number of hydrogen-bond acceptors (Lipinski definition) is 5. The van der Waals surface area contributed by atoms with Crippen molar-refractivity contribution in [1.82, 2.24) is 10.2 Å². The Morgan fingerprint density at radius 2 is 1.75 bits per heavy atom. The molecular formula is C27H37N3O5S. The van der Waals surface area contributed by atoms with Crippen LogP contribution in [0.4, 0.5) is 5.69 Å². The number of aryl methyl sites for hydroxylation is 1. The molecule has 1 aliphatic carbocycles. The Bertz CT molecular complexity index is 1140. The van der Waals surface area contributed by atoms with Crippen LogP contribution in [0.1, 0.15) is 50.2 Å². The average Bonchev–Trinajstić information content (AvgIpc) is 2.86. The maximum atomic E-state index is 13.6. The van der Waals surface area contributed by atoms with Crippen molar-refractivity contribution in [2.45, 2.75) is 64.6 Å². The van der Waals surface area contributed by atoms with Crippen LogP contribution in [0.5, 0.6) is 5.75 Å². The molecule has 0 radical (unpaired) electrons. The van der Waals surface area contributed by atoms with Crippen LogP contribution >= 0.6 is 0 Å². The molecule has 2 aromatic carbocycles. The van der Waals surface area contributed by atoms with E-state index >= 15 is 0 Å². The van der Waals surface area contributed by atoms with Crippen LogP contribution in [-0.2, 0) is 26.2 Å². The summed E-state index contributed by atoms with van der Waals surface area (Å²) in [6.45, 7) is 3.32. The van der Waals surface area contributed by atoms with Gasteiger partial charge in [-0.3, -0.25) is 13.9 Å². The summed E-state index contributed by atoms with van der Waals surface area (Å²) in [5.41, 5.74) is 2.16. The second-order valence-corrected chi connectivity index (χ2v) is 11.4. The quantitative estimate of drug-likeness (QED) is 0.521. The average molecular weight is 516 g/mol. The van der Waals surface area contributed by atoms with Crippen molar-refractivity contribution in [2.24, 2.45) is 0 Å². The lowest BCUT2D eigenvalue weighted by Gasteiger charge is -2.33. The van der Waals surface area contributed by atoms with Crippen molar-refractivity contribution in [2.75, 3.05) is 24.2 Å². The maximum Gasteiger partial charge on any atom is 0.244 e. The molecule has 36 heavy (non-hydrogen) atoms. The Balaban J connectivity index is 1.87. The van der Waals surface area contributed by atoms with Gasteiger partial charge >= 0.3 is 0 Å². The zero-order valence-electron chi connectivity index (χ0n) is 21.6. The highest BCUT2D eigenvalue weighted by Gasteiger charge is 2.31. The molecule has 0 spiro atoms. The van der Waals surface area contributed by atoms with Gasteiger partial charge in [0.2, 0.25) is 21.8 Å². The fraction of sp³-hybridized carbons (Fsp3) is 0.481. The summed E-state index contributed by atoms with van der Waals surface area (Å²) in [6, 6.07) is 13.5. The Kier molecular flexibility index (Phi) is 9.37. The van der Waals surface area contributed by atoms with Crippen molar-refractivity contribution < 1.29 is 22.7 Å². The third-order valence-electron chi connectivity index (χ3n) is 6.61. The molecule has 3 rings (SSSR count). The van der Waals surface area contributed by atoms with Crippen LogP contribution in [0.2, 0.25) is 0 Å². The minimum absolute atomic E-state index is 0.0996. The molecule has 0 saturated heterocycles. The third-order valence-corrected chi connectivity index (χ3v) is 7.75. The molecule has 0 heterocycles. The monoisotopic (exact) mass is 515 g/mol. The predicted molar refractivity (Wildman–Crippen MR) is 141 cm³/mol. The molecule has 1 fully saturated rings. The lowest BCUT2D eigenvalue weighted by atomic mass is 9.95. The first-order chi connectivity index (χ1) is 17.1. The van der Waals surface area contributed by atoms with E-state index in [0.717, 1.165) is 47.4 Å². The lowest BCUT2D eigenvalue weighted by molar-refractivity contribution is -0.139. The molecule has 1 saturated carbocycles. The van der Waals surface area contributed by atoms with Crippen molar-refractivity contribution in [3.8, 4) is 5.75 Å². The highest BCUT2D eigenvalue weighted by atomic mass is 32.2.